The lowest BCUT2D eigenvalue weighted by atomic mass is 10.3. The van der Waals surface area contributed by atoms with E-state index in [4.69, 9.17) is 0 Å². The standard InChI is InChI=1S/C13H28O8S4/c1-5-12(3)24(18,19)22(14,15)10-8-7-9-11-23(16,17)25(20,21)13(4)6-2/h12-13H,5-11H2,1-4H3. The van der Waals surface area contributed by atoms with Gasteiger partial charge in [0, 0.05) is 0 Å². The van der Waals surface area contributed by atoms with Gasteiger partial charge in [-0.25, -0.2) is 33.7 Å². The Bertz CT molecular complexity index is 764. The highest BCUT2D eigenvalue weighted by Crippen LogP contribution is 2.18. The summed E-state index contributed by atoms with van der Waals surface area (Å²) in [6.07, 6.45) is 0.360. The van der Waals surface area contributed by atoms with Crippen LogP contribution in [0.2, 0.25) is 0 Å². The maximum absolute atomic E-state index is 11.9. The van der Waals surface area contributed by atoms with Gasteiger partial charge in [-0.2, -0.15) is 0 Å². The summed E-state index contributed by atoms with van der Waals surface area (Å²) in [6, 6.07) is 0. The summed E-state index contributed by atoms with van der Waals surface area (Å²) in [5.74, 6) is -1.20. The Morgan fingerprint density at radius 1 is 0.560 bits per heavy atom. The molecular weight excluding hydrogens is 412 g/mol. The lowest BCUT2D eigenvalue weighted by Crippen LogP contribution is -2.28. The molecule has 0 aliphatic rings. The number of hydrogen-bond donors (Lipinski definition) is 0. The van der Waals surface area contributed by atoms with Crippen LogP contribution < -0.4 is 0 Å². The van der Waals surface area contributed by atoms with E-state index in [0.29, 0.717) is 0 Å². The smallest absolute Gasteiger partial charge is 0.213 e. The lowest BCUT2D eigenvalue weighted by Gasteiger charge is -2.12. The molecule has 0 saturated carbocycles. The maximum Gasteiger partial charge on any atom is 0.256 e. The molecule has 0 saturated heterocycles. The van der Waals surface area contributed by atoms with Crippen molar-refractivity contribution in [3.63, 3.8) is 0 Å². The molecule has 12 heteroatoms. The Balaban J connectivity index is 4.73. The van der Waals surface area contributed by atoms with E-state index in [2.05, 4.69) is 0 Å². The highest BCUT2D eigenvalue weighted by molar-refractivity contribution is 8.67. The molecule has 0 aromatic carbocycles. The molecule has 0 aliphatic carbocycles. The fraction of sp³-hybridized carbons (Fsp3) is 1.00. The molecule has 152 valence electrons. The first kappa shape index (κ1) is 24.8. The van der Waals surface area contributed by atoms with Crippen LogP contribution in [0.25, 0.3) is 0 Å². The maximum atomic E-state index is 11.9. The molecule has 0 radical (unpaired) electrons. The minimum atomic E-state index is -4.33. The zero-order valence-electron chi connectivity index (χ0n) is 15.0. The van der Waals surface area contributed by atoms with Crippen molar-refractivity contribution < 1.29 is 33.7 Å². The van der Waals surface area contributed by atoms with Crippen molar-refractivity contribution in [1.82, 2.24) is 0 Å². The van der Waals surface area contributed by atoms with Gasteiger partial charge < -0.3 is 0 Å². The second-order valence-electron chi connectivity index (χ2n) is 6.01. The molecule has 0 aliphatic heterocycles. The topological polar surface area (TPSA) is 137 Å². The number of rotatable bonds is 12. The first-order chi connectivity index (χ1) is 11.2. The van der Waals surface area contributed by atoms with Gasteiger partial charge in [-0.05, 0) is 39.5 Å². The quantitative estimate of drug-likeness (QED) is 0.326. The molecular formula is C13H28O8S4. The Kier molecular flexibility index (Phi) is 9.06. The molecule has 0 aromatic heterocycles. The van der Waals surface area contributed by atoms with Crippen molar-refractivity contribution in [2.75, 3.05) is 11.5 Å². The minimum Gasteiger partial charge on any atom is -0.213 e. The summed E-state index contributed by atoms with van der Waals surface area (Å²) < 4.78 is 95.1. The minimum absolute atomic E-state index is 0.0447. The lowest BCUT2D eigenvalue weighted by molar-refractivity contribution is 0.569. The molecule has 0 heterocycles. The molecule has 0 spiro atoms. The molecule has 0 rings (SSSR count). The van der Waals surface area contributed by atoms with Gasteiger partial charge in [0.05, 0.1) is 22.0 Å². The zero-order chi connectivity index (χ0) is 20.1. The molecule has 8 nitrogen and oxygen atoms in total. The van der Waals surface area contributed by atoms with Crippen molar-refractivity contribution >= 4 is 35.5 Å². The molecule has 25 heavy (non-hydrogen) atoms. The summed E-state index contributed by atoms with van der Waals surface area (Å²) in [6.45, 7) is 5.78. The molecule has 2 unspecified atom stereocenters. The van der Waals surface area contributed by atoms with Crippen LogP contribution in [0.1, 0.15) is 59.8 Å². The van der Waals surface area contributed by atoms with E-state index in [-0.39, 0.29) is 32.1 Å². The van der Waals surface area contributed by atoms with Gasteiger partial charge in [0.25, 0.3) is 35.5 Å². The summed E-state index contributed by atoms with van der Waals surface area (Å²) in [5.41, 5.74) is 0. The van der Waals surface area contributed by atoms with Crippen molar-refractivity contribution in [1.29, 1.82) is 0 Å². The SMILES string of the molecule is CCC(C)S(=O)(=O)S(=O)(=O)CCCCCS(=O)(=O)S(=O)(=O)C(C)CC. The van der Waals surface area contributed by atoms with Gasteiger partial charge in [0.15, 0.2) is 0 Å². The Labute approximate surface area is 150 Å². The fourth-order valence-electron chi connectivity index (χ4n) is 1.88. The van der Waals surface area contributed by atoms with Crippen molar-refractivity contribution in [3.05, 3.63) is 0 Å². The third kappa shape index (κ3) is 5.90. The van der Waals surface area contributed by atoms with Crippen LogP contribution >= 0.6 is 0 Å². The average molecular weight is 441 g/mol. The van der Waals surface area contributed by atoms with Crippen LogP contribution in [0.3, 0.4) is 0 Å². The molecule has 0 amide bonds. The Hall–Kier alpha value is -0.200. The fourth-order valence-corrected chi connectivity index (χ4v) is 11.2. The first-order valence-electron chi connectivity index (χ1n) is 8.10. The van der Waals surface area contributed by atoms with Crippen LogP contribution in [0.4, 0.5) is 0 Å². The molecule has 0 bridgehead atoms. The molecule has 2 atom stereocenters. The van der Waals surface area contributed by atoms with Crippen LogP contribution in [-0.4, -0.2) is 55.7 Å². The zero-order valence-corrected chi connectivity index (χ0v) is 18.3. The van der Waals surface area contributed by atoms with Gasteiger partial charge in [-0.1, -0.05) is 20.3 Å². The summed E-state index contributed by atoms with van der Waals surface area (Å²) >= 11 is 0. The third-order valence-electron chi connectivity index (χ3n) is 4.13. The van der Waals surface area contributed by atoms with Gasteiger partial charge in [0.2, 0.25) is 0 Å². The second kappa shape index (κ2) is 9.14. The van der Waals surface area contributed by atoms with Gasteiger partial charge in [-0.3, -0.25) is 0 Å². The van der Waals surface area contributed by atoms with Crippen LogP contribution in [0.5, 0.6) is 0 Å². The van der Waals surface area contributed by atoms with E-state index in [9.17, 15) is 33.7 Å². The number of hydrogen-bond acceptors (Lipinski definition) is 8. The highest BCUT2D eigenvalue weighted by Gasteiger charge is 2.35. The monoisotopic (exact) mass is 440 g/mol. The summed E-state index contributed by atoms with van der Waals surface area (Å²) in [5, 5.41) is -2.00. The van der Waals surface area contributed by atoms with Crippen LogP contribution in [0.15, 0.2) is 0 Å². The summed E-state index contributed by atoms with van der Waals surface area (Å²) in [4.78, 5) is 0. The highest BCUT2D eigenvalue weighted by atomic mass is 33.2. The molecule has 0 fully saturated rings. The van der Waals surface area contributed by atoms with E-state index >= 15 is 0 Å². The average Bonchev–Trinajstić information content (AvgIpc) is 2.51. The summed E-state index contributed by atoms with van der Waals surface area (Å²) in [7, 11) is -17.2. The van der Waals surface area contributed by atoms with Crippen molar-refractivity contribution in [2.45, 2.75) is 70.3 Å². The normalized spacial score (nSPS) is 16.5. The Morgan fingerprint density at radius 3 is 1.08 bits per heavy atom. The Morgan fingerprint density at radius 2 is 0.840 bits per heavy atom. The van der Waals surface area contributed by atoms with E-state index in [1.807, 2.05) is 0 Å². The number of unbranched alkanes of at least 4 members (excludes halogenated alkanes) is 2. The molecule has 0 aromatic rings. The van der Waals surface area contributed by atoms with Gasteiger partial charge in [-0.15, -0.1) is 0 Å². The van der Waals surface area contributed by atoms with E-state index in [1.165, 1.54) is 13.8 Å². The molecule has 0 N–H and O–H groups in total. The van der Waals surface area contributed by atoms with E-state index in [1.54, 1.807) is 13.8 Å². The predicted molar refractivity (Wildman–Crippen MR) is 98.8 cm³/mol. The van der Waals surface area contributed by atoms with Crippen LogP contribution in [0, 0.1) is 0 Å². The van der Waals surface area contributed by atoms with Gasteiger partial charge in [0.1, 0.15) is 0 Å². The van der Waals surface area contributed by atoms with Crippen LogP contribution in [-0.2, 0) is 35.5 Å². The van der Waals surface area contributed by atoms with Crippen molar-refractivity contribution in [2.24, 2.45) is 0 Å². The van der Waals surface area contributed by atoms with Crippen molar-refractivity contribution in [3.8, 4) is 0 Å². The van der Waals surface area contributed by atoms with E-state index < -0.39 is 57.5 Å². The third-order valence-corrected chi connectivity index (χ3v) is 17.0. The first-order valence-corrected chi connectivity index (χ1v) is 15.5. The van der Waals surface area contributed by atoms with Gasteiger partial charge >= 0.3 is 0 Å². The predicted octanol–water partition coefficient (Wildman–Crippen LogP) is 1.24. The largest absolute Gasteiger partial charge is 0.256 e. The second-order valence-corrected chi connectivity index (χ2v) is 18.5. The van der Waals surface area contributed by atoms with E-state index in [0.717, 1.165) is 0 Å².